The molecule has 0 radical (unpaired) electrons. The van der Waals surface area contributed by atoms with Gasteiger partial charge in [-0.25, -0.2) is 0 Å². The SMILES string of the molecule is CCCNc1cc(N(CC)CCOCC)cc([N+](=O)[O-])c1. The average Bonchev–Trinajstić information content (AvgIpc) is 2.49. The van der Waals surface area contributed by atoms with E-state index in [1.165, 1.54) is 0 Å². The van der Waals surface area contributed by atoms with Crippen molar-refractivity contribution in [3.63, 3.8) is 0 Å². The Balaban J connectivity index is 2.95. The molecular weight excluding hydrogens is 270 g/mol. The van der Waals surface area contributed by atoms with Gasteiger partial charge < -0.3 is 15.0 Å². The Labute approximate surface area is 126 Å². The number of nitro groups is 1. The van der Waals surface area contributed by atoms with Crippen LogP contribution in [0.15, 0.2) is 18.2 Å². The van der Waals surface area contributed by atoms with E-state index in [-0.39, 0.29) is 10.6 Å². The zero-order valence-corrected chi connectivity index (χ0v) is 13.1. The molecule has 0 fully saturated rings. The van der Waals surface area contributed by atoms with Gasteiger partial charge in [-0.2, -0.15) is 0 Å². The molecule has 0 saturated carbocycles. The van der Waals surface area contributed by atoms with Gasteiger partial charge in [0.15, 0.2) is 0 Å². The molecule has 0 atom stereocenters. The molecule has 0 unspecified atom stereocenters. The molecular formula is C15H25N3O3. The summed E-state index contributed by atoms with van der Waals surface area (Å²) in [6.45, 7) is 9.64. The molecule has 0 aromatic heterocycles. The predicted octanol–water partition coefficient (Wildman–Crippen LogP) is 3.28. The number of hydrogen-bond acceptors (Lipinski definition) is 5. The van der Waals surface area contributed by atoms with Crippen molar-refractivity contribution in [2.24, 2.45) is 0 Å². The topological polar surface area (TPSA) is 67.6 Å². The first kappa shape index (κ1) is 17.2. The van der Waals surface area contributed by atoms with Crippen molar-refractivity contribution in [2.75, 3.05) is 43.1 Å². The Morgan fingerprint density at radius 1 is 1.29 bits per heavy atom. The van der Waals surface area contributed by atoms with Crippen molar-refractivity contribution in [1.82, 2.24) is 0 Å². The van der Waals surface area contributed by atoms with E-state index >= 15 is 0 Å². The summed E-state index contributed by atoms with van der Waals surface area (Å²) < 4.78 is 5.37. The van der Waals surface area contributed by atoms with E-state index in [0.29, 0.717) is 13.2 Å². The van der Waals surface area contributed by atoms with E-state index in [9.17, 15) is 10.1 Å². The smallest absolute Gasteiger partial charge is 0.273 e. The Morgan fingerprint density at radius 2 is 2.05 bits per heavy atom. The number of non-ortho nitro benzene ring substituents is 1. The van der Waals surface area contributed by atoms with Crippen LogP contribution in [0.5, 0.6) is 0 Å². The summed E-state index contributed by atoms with van der Waals surface area (Å²) in [4.78, 5) is 12.8. The molecule has 0 heterocycles. The van der Waals surface area contributed by atoms with Gasteiger partial charge >= 0.3 is 0 Å². The number of likely N-dealkylation sites (N-methyl/N-ethyl adjacent to an activating group) is 1. The Hall–Kier alpha value is -1.82. The predicted molar refractivity (Wildman–Crippen MR) is 86.3 cm³/mol. The van der Waals surface area contributed by atoms with E-state index in [4.69, 9.17) is 4.74 Å². The third kappa shape index (κ3) is 5.59. The second-order valence-corrected chi connectivity index (χ2v) is 4.70. The Bertz CT molecular complexity index is 452. The number of nitrogens with zero attached hydrogens (tertiary/aromatic N) is 2. The molecule has 1 aromatic carbocycles. The minimum absolute atomic E-state index is 0.112. The second kappa shape index (κ2) is 9.18. The largest absolute Gasteiger partial charge is 0.385 e. The van der Waals surface area contributed by atoms with Gasteiger partial charge in [0.1, 0.15) is 0 Å². The number of nitro benzene ring substituents is 1. The molecule has 1 rings (SSSR count). The summed E-state index contributed by atoms with van der Waals surface area (Å²) in [6, 6.07) is 5.15. The average molecular weight is 295 g/mol. The summed E-state index contributed by atoms with van der Waals surface area (Å²) in [5, 5.41) is 14.3. The normalized spacial score (nSPS) is 10.4. The molecule has 0 aliphatic carbocycles. The fourth-order valence-electron chi connectivity index (χ4n) is 2.04. The lowest BCUT2D eigenvalue weighted by Crippen LogP contribution is -2.27. The lowest BCUT2D eigenvalue weighted by molar-refractivity contribution is -0.384. The summed E-state index contributed by atoms with van der Waals surface area (Å²) in [7, 11) is 0. The maximum absolute atomic E-state index is 11.1. The van der Waals surface area contributed by atoms with Crippen LogP contribution in [-0.4, -0.2) is 37.8 Å². The summed E-state index contributed by atoms with van der Waals surface area (Å²) in [5.41, 5.74) is 1.75. The van der Waals surface area contributed by atoms with E-state index in [1.807, 2.05) is 19.9 Å². The monoisotopic (exact) mass is 295 g/mol. The van der Waals surface area contributed by atoms with Crippen LogP contribution < -0.4 is 10.2 Å². The molecule has 21 heavy (non-hydrogen) atoms. The minimum Gasteiger partial charge on any atom is -0.385 e. The number of anilines is 2. The lowest BCUT2D eigenvalue weighted by atomic mass is 10.2. The van der Waals surface area contributed by atoms with Crippen molar-refractivity contribution in [2.45, 2.75) is 27.2 Å². The van der Waals surface area contributed by atoms with Gasteiger partial charge in [0, 0.05) is 49.7 Å². The van der Waals surface area contributed by atoms with Crippen molar-refractivity contribution in [3.8, 4) is 0 Å². The second-order valence-electron chi connectivity index (χ2n) is 4.70. The van der Waals surface area contributed by atoms with E-state index in [1.54, 1.807) is 12.1 Å². The number of hydrogen-bond donors (Lipinski definition) is 1. The third-order valence-corrected chi connectivity index (χ3v) is 3.15. The van der Waals surface area contributed by atoms with Gasteiger partial charge in [-0.3, -0.25) is 10.1 Å². The minimum atomic E-state index is -0.350. The van der Waals surface area contributed by atoms with Crippen LogP contribution in [0, 0.1) is 10.1 Å². The molecule has 0 aliphatic rings. The van der Waals surface area contributed by atoms with Crippen LogP contribution in [0.25, 0.3) is 0 Å². The van der Waals surface area contributed by atoms with Crippen molar-refractivity contribution >= 4 is 17.1 Å². The van der Waals surface area contributed by atoms with Crippen LogP contribution >= 0.6 is 0 Å². The number of ether oxygens (including phenoxy) is 1. The highest BCUT2D eigenvalue weighted by Gasteiger charge is 2.13. The third-order valence-electron chi connectivity index (χ3n) is 3.15. The highest BCUT2D eigenvalue weighted by Crippen LogP contribution is 2.27. The Kier molecular flexibility index (Phi) is 7.53. The van der Waals surface area contributed by atoms with Gasteiger partial charge in [-0.1, -0.05) is 6.92 Å². The molecule has 0 amide bonds. The molecule has 6 nitrogen and oxygen atoms in total. The zero-order valence-electron chi connectivity index (χ0n) is 13.1. The quantitative estimate of drug-likeness (QED) is 0.407. The maximum Gasteiger partial charge on any atom is 0.273 e. The van der Waals surface area contributed by atoms with E-state index in [0.717, 1.165) is 37.4 Å². The molecule has 0 saturated heterocycles. The van der Waals surface area contributed by atoms with Gasteiger partial charge in [-0.15, -0.1) is 0 Å². The Morgan fingerprint density at radius 3 is 2.62 bits per heavy atom. The molecule has 0 aliphatic heterocycles. The fourth-order valence-corrected chi connectivity index (χ4v) is 2.04. The van der Waals surface area contributed by atoms with Crippen LogP contribution in [0.3, 0.4) is 0 Å². The number of nitrogens with one attached hydrogen (secondary N) is 1. The van der Waals surface area contributed by atoms with Gasteiger partial charge in [0.05, 0.1) is 11.5 Å². The summed E-state index contributed by atoms with van der Waals surface area (Å²) in [5.74, 6) is 0. The van der Waals surface area contributed by atoms with Crippen molar-refractivity contribution in [3.05, 3.63) is 28.3 Å². The molecule has 118 valence electrons. The van der Waals surface area contributed by atoms with Gasteiger partial charge in [0.25, 0.3) is 5.69 Å². The summed E-state index contributed by atoms with van der Waals surface area (Å²) >= 11 is 0. The van der Waals surface area contributed by atoms with Crippen LogP contribution in [0.2, 0.25) is 0 Å². The van der Waals surface area contributed by atoms with Crippen LogP contribution in [0.4, 0.5) is 17.1 Å². The van der Waals surface area contributed by atoms with Gasteiger partial charge in [0.2, 0.25) is 0 Å². The standard InChI is InChI=1S/C15H25N3O3/c1-4-7-16-13-10-14(12-15(11-13)18(19)20)17(5-2)8-9-21-6-3/h10-12,16H,4-9H2,1-3H3. The highest BCUT2D eigenvalue weighted by atomic mass is 16.6. The molecule has 0 bridgehead atoms. The molecule has 1 aromatic rings. The zero-order chi connectivity index (χ0) is 15.7. The lowest BCUT2D eigenvalue weighted by Gasteiger charge is -2.23. The van der Waals surface area contributed by atoms with Crippen LogP contribution in [0.1, 0.15) is 27.2 Å². The first-order valence-electron chi connectivity index (χ1n) is 7.48. The highest BCUT2D eigenvalue weighted by molar-refractivity contribution is 5.64. The van der Waals surface area contributed by atoms with Gasteiger partial charge in [-0.05, 0) is 26.3 Å². The van der Waals surface area contributed by atoms with Crippen molar-refractivity contribution in [1.29, 1.82) is 0 Å². The maximum atomic E-state index is 11.1. The summed E-state index contributed by atoms with van der Waals surface area (Å²) in [6.07, 6.45) is 0.972. The first-order valence-corrected chi connectivity index (χ1v) is 7.48. The molecule has 6 heteroatoms. The van der Waals surface area contributed by atoms with E-state index in [2.05, 4.69) is 17.1 Å². The van der Waals surface area contributed by atoms with Crippen molar-refractivity contribution < 1.29 is 9.66 Å². The number of benzene rings is 1. The first-order chi connectivity index (χ1) is 10.1. The number of rotatable bonds is 10. The van der Waals surface area contributed by atoms with E-state index < -0.39 is 0 Å². The van der Waals surface area contributed by atoms with Crippen LogP contribution in [-0.2, 0) is 4.74 Å². The fraction of sp³-hybridized carbons (Fsp3) is 0.600. The molecule has 0 spiro atoms. The molecule has 1 N–H and O–H groups in total.